The lowest BCUT2D eigenvalue weighted by Crippen LogP contribution is -2.30. The fraction of sp³-hybridized carbons (Fsp3) is 0.417. The van der Waals surface area contributed by atoms with Crippen molar-refractivity contribution in [1.29, 1.82) is 0 Å². The first-order valence-electron chi connectivity index (χ1n) is 5.69. The van der Waals surface area contributed by atoms with E-state index in [9.17, 15) is 13.6 Å². The van der Waals surface area contributed by atoms with Gasteiger partial charge >= 0.3 is 12.6 Å². The van der Waals surface area contributed by atoms with Crippen LogP contribution < -0.4 is 10.5 Å². The quantitative estimate of drug-likeness (QED) is 0.719. The summed E-state index contributed by atoms with van der Waals surface area (Å²) >= 11 is 7.18. The molecule has 1 aromatic rings. The lowest BCUT2D eigenvalue weighted by atomic mass is 10.2. The number of carboxylic acids is 1. The van der Waals surface area contributed by atoms with Crippen LogP contribution in [0.3, 0.4) is 0 Å². The van der Waals surface area contributed by atoms with Crippen LogP contribution in [0.25, 0.3) is 0 Å². The number of benzene rings is 1. The Morgan fingerprint density at radius 3 is 2.80 bits per heavy atom. The number of ether oxygens (including phenoxy) is 1. The Kier molecular flexibility index (Phi) is 7.04. The number of carbonyl (C=O) groups is 1. The highest BCUT2D eigenvalue weighted by molar-refractivity contribution is 7.98. The van der Waals surface area contributed by atoms with E-state index in [0.29, 0.717) is 28.5 Å². The molecule has 0 amide bonds. The van der Waals surface area contributed by atoms with E-state index in [0.717, 1.165) is 0 Å². The summed E-state index contributed by atoms with van der Waals surface area (Å²) in [5.41, 5.74) is 5.89. The van der Waals surface area contributed by atoms with Gasteiger partial charge in [-0.05, 0) is 30.4 Å². The third-order valence-electron chi connectivity index (χ3n) is 2.39. The molecule has 4 nitrogen and oxygen atoms in total. The van der Waals surface area contributed by atoms with E-state index >= 15 is 0 Å². The maximum atomic E-state index is 12.2. The van der Waals surface area contributed by atoms with E-state index in [1.165, 1.54) is 23.9 Å². The number of alkyl halides is 2. The molecule has 0 aliphatic rings. The molecule has 1 rings (SSSR count). The second kappa shape index (κ2) is 8.28. The Balaban J connectivity index is 2.53. The molecule has 3 N–H and O–H groups in total. The monoisotopic (exact) mass is 325 g/mol. The van der Waals surface area contributed by atoms with Gasteiger partial charge in [-0.25, -0.2) is 0 Å². The van der Waals surface area contributed by atoms with E-state index in [1.807, 2.05) is 0 Å². The third-order valence-corrected chi connectivity index (χ3v) is 3.66. The average molecular weight is 326 g/mol. The van der Waals surface area contributed by atoms with E-state index in [4.69, 9.17) is 22.4 Å². The summed E-state index contributed by atoms with van der Waals surface area (Å²) in [5.74, 6) is -0.113. The van der Waals surface area contributed by atoms with Gasteiger partial charge in [0, 0.05) is 16.3 Å². The normalized spacial score (nSPS) is 12.4. The first-order chi connectivity index (χ1) is 9.40. The number of carboxylic acid groups (broad SMARTS) is 1. The molecule has 0 aliphatic heterocycles. The Morgan fingerprint density at radius 2 is 2.20 bits per heavy atom. The minimum absolute atomic E-state index is 0.0689. The van der Waals surface area contributed by atoms with Gasteiger partial charge in [0.25, 0.3) is 0 Å². The molecule has 0 aliphatic carbocycles. The van der Waals surface area contributed by atoms with Crippen molar-refractivity contribution in [1.82, 2.24) is 0 Å². The maximum Gasteiger partial charge on any atom is 0.387 e. The van der Waals surface area contributed by atoms with Crippen LogP contribution in [-0.2, 0) is 10.5 Å². The summed E-state index contributed by atoms with van der Waals surface area (Å²) in [4.78, 5) is 10.5. The fourth-order valence-corrected chi connectivity index (χ4v) is 2.59. The molecule has 0 fully saturated rings. The second-order valence-corrected chi connectivity index (χ2v) is 5.46. The molecule has 1 unspecified atom stereocenters. The number of nitrogens with two attached hydrogens (primary N) is 1. The summed E-state index contributed by atoms with van der Waals surface area (Å²) in [6.45, 7) is -2.90. The number of hydrogen-bond acceptors (Lipinski definition) is 4. The summed E-state index contributed by atoms with van der Waals surface area (Å²) in [5, 5.41) is 9.04. The molecule has 0 radical (unpaired) electrons. The molecular formula is C12H14ClF2NO3S. The highest BCUT2D eigenvalue weighted by Gasteiger charge is 2.12. The minimum Gasteiger partial charge on any atom is -0.480 e. The van der Waals surface area contributed by atoms with Crippen LogP contribution in [0.1, 0.15) is 12.0 Å². The van der Waals surface area contributed by atoms with Crippen LogP contribution in [0.15, 0.2) is 18.2 Å². The fourth-order valence-electron chi connectivity index (χ4n) is 1.39. The van der Waals surface area contributed by atoms with Crippen LogP contribution in [0, 0.1) is 0 Å². The Hall–Kier alpha value is -1.05. The number of thioether (sulfide) groups is 1. The predicted molar refractivity (Wildman–Crippen MR) is 74.5 cm³/mol. The van der Waals surface area contributed by atoms with Gasteiger partial charge in [-0.2, -0.15) is 20.5 Å². The molecule has 0 saturated heterocycles. The predicted octanol–water partition coefficient (Wildman–Crippen LogP) is 2.98. The topological polar surface area (TPSA) is 72.5 Å². The zero-order chi connectivity index (χ0) is 15.1. The molecule has 1 atom stereocenters. The van der Waals surface area contributed by atoms with Gasteiger partial charge in [0.2, 0.25) is 0 Å². The molecule has 0 spiro atoms. The van der Waals surface area contributed by atoms with E-state index in [2.05, 4.69) is 4.74 Å². The molecule has 0 saturated carbocycles. The van der Waals surface area contributed by atoms with Crippen LogP contribution in [-0.4, -0.2) is 29.5 Å². The van der Waals surface area contributed by atoms with Gasteiger partial charge in [0.1, 0.15) is 11.8 Å². The standard InChI is InChI=1S/C12H14ClF2NO3S/c13-8-1-2-10(19-12(14)15)7(5-8)6-20-4-3-9(16)11(17)18/h1-2,5,9,12H,3-4,6,16H2,(H,17,18). The van der Waals surface area contributed by atoms with Crippen molar-refractivity contribution >= 4 is 29.3 Å². The zero-order valence-electron chi connectivity index (χ0n) is 10.4. The van der Waals surface area contributed by atoms with Gasteiger partial charge in [-0.15, -0.1) is 0 Å². The molecule has 0 heterocycles. The van der Waals surface area contributed by atoms with E-state index in [-0.39, 0.29) is 5.75 Å². The largest absolute Gasteiger partial charge is 0.480 e. The SMILES string of the molecule is NC(CCSCc1cc(Cl)ccc1OC(F)F)C(=O)O. The Bertz CT molecular complexity index is 462. The first-order valence-corrected chi connectivity index (χ1v) is 7.22. The first kappa shape index (κ1) is 17.0. The minimum atomic E-state index is -2.90. The Labute approximate surface area is 124 Å². The van der Waals surface area contributed by atoms with Crippen molar-refractivity contribution in [2.45, 2.75) is 24.8 Å². The molecule has 0 bridgehead atoms. The van der Waals surface area contributed by atoms with Gasteiger partial charge in [-0.1, -0.05) is 11.6 Å². The van der Waals surface area contributed by atoms with Crippen molar-refractivity contribution in [2.24, 2.45) is 5.73 Å². The zero-order valence-corrected chi connectivity index (χ0v) is 12.0. The number of aliphatic carboxylic acids is 1. The van der Waals surface area contributed by atoms with Crippen molar-refractivity contribution in [2.75, 3.05) is 5.75 Å². The molecule has 112 valence electrons. The average Bonchev–Trinajstić information content (AvgIpc) is 2.36. The van der Waals surface area contributed by atoms with E-state index < -0.39 is 18.6 Å². The van der Waals surface area contributed by atoms with Crippen LogP contribution in [0.4, 0.5) is 8.78 Å². The molecular weight excluding hydrogens is 312 g/mol. The molecule has 8 heteroatoms. The van der Waals surface area contributed by atoms with Crippen LogP contribution in [0.5, 0.6) is 5.75 Å². The van der Waals surface area contributed by atoms with Crippen LogP contribution >= 0.6 is 23.4 Å². The third kappa shape index (κ3) is 5.94. The molecule has 20 heavy (non-hydrogen) atoms. The number of halogens is 3. The molecule has 1 aromatic carbocycles. The van der Waals surface area contributed by atoms with E-state index in [1.54, 1.807) is 6.07 Å². The summed E-state index contributed by atoms with van der Waals surface area (Å²) < 4.78 is 28.9. The highest BCUT2D eigenvalue weighted by atomic mass is 35.5. The van der Waals surface area contributed by atoms with Gasteiger partial charge in [-0.3, -0.25) is 4.79 Å². The lowest BCUT2D eigenvalue weighted by Gasteiger charge is -2.11. The summed E-state index contributed by atoms with van der Waals surface area (Å²) in [7, 11) is 0. The molecule has 0 aromatic heterocycles. The summed E-state index contributed by atoms with van der Waals surface area (Å²) in [6, 6.07) is 3.48. The highest BCUT2D eigenvalue weighted by Crippen LogP contribution is 2.28. The second-order valence-electron chi connectivity index (χ2n) is 3.92. The lowest BCUT2D eigenvalue weighted by molar-refractivity contribution is -0.138. The van der Waals surface area contributed by atoms with Crippen molar-refractivity contribution in [3.63, 3.8) is 0 Å². The van der Waals surface area contributed by atoms with Crippen LogP contribution in [0.2, 0.25) is 5.02 Å². The van der Waals surface area contributed by atoms with Gasteiger partial charge in [0.05, 0.1) is 0 Å². The maximum absolute atomic E-state index is 12.2. The van der Waals surface area contributed by atoms with Crippen molar-refractivity contribution in [3.05, 3.63) is 28.8 Å². The number of hydrogen-bond donors (Lipinski definition) is 2. The van der Waals surface area contributed by atoms with Gasteiger partial charge in [0.15, 0.2) is 0 Å². The number of rotatable bonds is 8. The van der Waals surface area contributed by atoms with Gasteiger partial charge < -0.3 is 15.6 Å². The Morgan fingerprint density at radius 1 is 1.50 bits per heavy atom. The smallest absolute Gasteiger partial charge is 0.387 e. The summed E-state index contributed by atoms with van der Waals surface area (Å²) in [6.07, 6.45) is 0.297. The van der Waals surface area contributed by atoms with Crippen molar-refractivity contribution in [3.8, 4) is 5.75 Å². The van der Waals surface area contributed by atoms with Crippen molar-refractivity contribution < 1.29 is 23.4 Å².